The van der Waals surface area contributed by atoms with Crippen molar-refractivity contribution in [3.05, 3.63) is 49.6 Å². The first-order chi connectivity index (χ1) is 10.1. The molecule has 1 amide bonds. The predicted octanol–water partition coefficient (Wildman–Crippen LogP) is 4.92. The first-order valence-corrected chi connectivity index (χ1v) is 8.64. The number of carbonyl (C=O) groups excluding carboxylic acids is 1. The molecule has 0 bridgehead atoms. The Balaban J connectivity index is 2.08. The van der Waals surface area contributed by atoms with Gasteiger partial charge in [0.15, 0.2) is 0 Å². The average molecular weight is 388 g/mol. The van der Waals surface area contributed by atoms with Gasteiger partial charge in [0.25, 0.3) is 5.91 Å². The normalized spacial score (nSPS) is 10.4. The summed E-state index contributed by atoms with van der Waals surface area (Å²) < 4.78 is 1.06. The third kappa shape index (κ3) is 4.73. The lowest BCUT2D eigenvalue weighted by molar-refractivity contribution is 0.0952. The lowest BCUT2D eigenvalue weighted by atomic mass is 10.1. The van der Waals surface area contributed by atoms with Crippen molar-refractivity contribution in [1.29, 1.82) is 0 Å². The molecule has 0 spiro atoms. The molecule has 0 atom stereocenters. The van der Waals surface area contributed by atoms with E-state index in [4.69, 9.17) is 11.6 Å². The highest BCUT2D eigenvalue weighted by Gasteiger charge is 2.12. The number of hydrogen-bond acceptors (Lipinski definition) is 3. The molecule has 0 saturated heterocycles. The molecule has 1 aromatic carbocycles. The van der Waals surface area contributed by atoms with Gasteiger partial charge in [0.2, 0.25) is 0 Å². The Morgan fingerprint density at radius 2 is 2.14 bits per heavy atom. The molecule has 1 heterocycles. The van der Waals surface area contributed by atoms with Crippen LogP contribution in [0, 0.1) is 0 Å². The van der Waals surface area contributed by atoms with Crippen molar-refractivity contribution in [2.45, 2.75) is 19.9 Å². The number of nitrogens with one attached hydrogen (secondary N) is 2. The molecule has 0 unspecified atom stereocenters. The van der Waals surface area contributed by atoms with E-state index in [0.717, 1.165) is 27.3 Å². The molecular formula is C15H16BrClN2OS. The molecule has 0 aliphatic rings. The summed E-state index contributed by atoms with van der Waals surface area (Å²) in [4.78, 5) is 13.4. The van der Waals surface area contributed by atoms with Gasteiger partial charge in [-0.05, 0) is 52.7 Å². The van der Waals surface area contributed by atoms with Crippen LogP contribution in [0.2, 0.25) is 5.02 Å². The topological polar surface area (TPSA) is 41.1 Å². The molecule has 0 fully saturated rings. The van der Waals surface area contributed by atoms with Crippen LogP contribution in [0.4, 0.5) is 5.69 Å². The maximum absolute atomic E-state index is 12.3. The first-order valence-electron chi connectivity index (χ1n) is 6.66. The van der Waals surface area contributed by atoms with Crippen LogP contribution in [-0.2, 0) is 6.54 Å². The number of benzene rings is 1. The van der Waals surface area contributed by atoms with Crippen LogP contribution in [0.15, 0.2) is 34.1 Å². The second kappa shape index (κ2) is 7.82. The summed E-state index contributed by atoms with van der Waals surface area (Å²) in [7, 11) is 0. The molecule has 1 aromatic heterocycles. The molecule has 0 radical (unpaired) electrons. The Hall–Kier alpha value is -1.04. The van der Waals surface area contributed by atoms with Crippen LogP contribution in [-0.4, -0.2) is 12.5 Å². The summed E-state index contributed by atoms with van der Waals surface area (Å²) in [6, 6.07) is 9.28. The van der Waals surface area contributed by atoms with E-state index >= 15 is 0 Å². The molecule has 2 N–H and O–H groups in total. The number of hydrogen-bond donors (Lipinski definition) is 2. The largest absolute Gasteiger partial charge is 0.384 e. The molecule has 2 rings (SSSR count). The minimum absolute atomic E-state index is 0.124. The fourth-order valence-electron chi connectivity index (χ4n) is 1.83. The van der Waals surface area contributed by atoms with E-state index in [0.29, 0.717) is 17.1 Å². The Kier molecular flexibility index (Phi) is 6.08. The van der Waals surface area contributed by atoms with Crippen LogP contribution >= 0.6 is 38.9 Å². The SMILES string of the molecule is CCCNc1ccc(Cl)cc1C(=O)NCc1ccc(Br)s1. The van der Waals surface area contributed by atoms with Gasteiger partial charge in [0.1, 0.15) is 0 Å². The Morgan fingerprint density at radius 3 is 2.81 bits per heavy atom. The number of carbonyl (C=O) groups is 1. The van der Waals surface area contributed by atoms with Crippen molar-refractivity contribution in [2.75, 3.05) is 11.9 Å². The van der Waals surface area contributed by atoms with Crippen LogP contribution in [0.1, 0.15) is 28.6 Å². The predicted molar refractivity (Wildman–Crippen MR) is 93.4 cm³/mol. The maximum Gasteiger partial charge on any atom is 0.253 e. The number of thiophene rings is 1. The highest BCUT2D eigenvalue weighted by Crippen LogP contribution is 2.23. The van der Waals surface area contributed by atoms with Gasteiger partial charge < -0.3 is 10.6 Å². The van der Waals surface area contributed by atoms with Gasteiger partial charge in [-0.2, -0.15) is 0 Å². The van der Waals surface area contributed by atoms with Gasteiger partial charge in [-0.25, -0.2) is 0 Å². The molecule has 2 aromatic rings. The third-order valence-electron chi connectivity index (χ3n) is 2.84. The minimum Gasteiger partial charge on any atom is -0.384 e. The van der Waals surface area contributed by atoms with Gasteiger partial charge >= 0.3 is 0 Å². The summed E-state index contributed by atoms with van der Waals surface area (Å²) in [6.45, 7) is 3.41. The third-order valence-corrected chi connectivity index (χ3v) is 4.70. The van der Waals surface area contributed by atoms with Gasteiger partial charge in [-0.1, -0.05) is 18.5 Å². The minimum atomic E-state index is -0.124. The summed E-state index contributed by atoms with van der Waals surface area (Å²) in [6.07, 6.45) is 0.993. The van der Waals surface area contributed by atoms with Gasteiger partial charge in [0, 0.05) is 22.1 Å². The molecule has 0 aliphatic heterocycles. The zero-order chi connectivity index (χ0) is 15.2. The molecule has 0 aliphatic carbocycles. The van der Waals surface area contributed by atoms with E-state index < -0.39 is 0 Å². The van der Waals surface area contributed by atoms with Crippen molar-refractivity contribution in [3.8, 4) is 0 Å². The van der Waals surface area contributed by atoms with Crippen molar-refractivity contribution >= 4 is 50.5 Å². The maximum atomic E-state index is 12.3. The number of amides is 1. The fraction of sp³-hybridized carbons (Fsp3) is 0.267. The fourth-order valence-corrected chi connectivity index (χ4v) is 3.42. The van der Waals surface area contributed by atoms with E-state index in [2.05, 4.69) is 33.5 Å². The van der Waals surface area contributed by atoms with Crippen molar-refractivity contribution < 1.29 is 4.79 Å². The number of anilines is 1. The zero-order valence-corrected chi connectivity index (χ0v) is 14.7. The molecule has 6 heteroatoms. The van der Waals surface area contributed by atoms with Crippen LogP contribution in [0.25, 0.3) is 0 Å². The van der Waals surface area contributed by atoms with Gasteiger partial charge in [-0.3, -0.25) is 4.79 Å². The van der Waals surface area contributed by atoms with E-state index in [1.807, 2.05) is 18.2 Å². The lowest BCUT2D eigenvalue weighted by Gasteiger charge is -2.12. The highest BCUT2D eigenvalue weighted by molar-refractivity contribution is 9.11. The monoisotopic (exact) mass is 386 g/mol. The van der Waals surface area contributed by atoms with Crippen LogP contribution in [0.3, 0.4) is 0 Å². The summed E-state index contributed by atoms with van der Waals surface area (Å²) in [5.41, 5.74) is 1.39. The van der Waals surface area contributed by atoms with Crippen molar-refractivity contribution in [2.24, 2.45) is 0 Å². The van der Waals surface area contributed by atoms with Crippen LogP contribution < -0.4 is 10.6 Å². The van der Waals surface area contributed by atoms with E-state index in [-0.39, 0.29) is 5.91 Å². The zero-order valence-electron chi connectivity index (χ0n) is 11.6. The number of rotatable bonds is 6. The molecule has 3 nitrogen and oxygen atoms in total. The summed E-state index contributed by atoms with van der Waals surface area (Å²) in [5.74, 6) is -0.124. The standard InChI is InChI=1S/C15H16BrClN2OS/c1-2-7-18-13-5-3-10(17)8-12(13)15(20)19-9-11-4-6-14(16)21-11/h3-6,8,18H,2,7,9H2,1H3,(H,19,20). The van der Waals surface area contributed by atoms with E-state index in [1.165, 1.54) is 0 Å². The van der Waals surface area contributed by atoms with Crippen molar-refractivity contribution in [1.82, 2.24) is 5.32 Å². The van der Waals surface area contributed by atoms with Gasteiger partial charge in [0.05, 0.1) is 15.9 Å². The average Bonchev–Trinajstić information content (AvgIpc) is 2.89. The highest BCUT2D eigenvalue weighted by atomic mass is 79.9. The molecule has 0 saturated carbocycles. The lowest BCUT2D eigenvalue weighted by Crippen LogP contribution is -2.23. The second-order valence-electron chi connectivity index (χ2n) is 4.51. The Labute approximate surface area is 141 Å². The molecule has 112 valence electrons. The summed E-state index contributed by atoms with van der Waals surface area (Å²) >= 11 is 11.0. The van der Waals surface area contributed by atoms with Crippen LogP contribution in [0.5, 0.6) is 0 Å². The van der Waals surface area contributed by atoms with Crippen molar-refractivity contribution in [3.63, 3.8) is 0 Å². The summed E-state index contributed by atoms with van der Waals surface area (Å²) in [5, 5.41) is 6.73. The quantitative estimate of drug-likeness (QED) is 0.739. The smallest absolute Gasteiger partial charge is 0.253 e. The Morgan fingerprint density at radius 1 is 1.33 bits per heavy atom. The first kappa shape index (κ1) is 16.3. The second-order valence-corrected chi connectivity index (χ2v) is 7.49. The number of halogens is 2. The molecular weight excluding hydrogens is 372 g/mol. The van der Waals surface area contributed by atoms with E-state index in [9.17, 15) is 4.79 Å². The van der Waals surface area contributed by atoms with E-state index in [1.54, 1.807) is 23.5 Å². The van der Waals surface area contributed by atoms with Gasteiger partial charge in [-0.15, -0.1) is 11.3 Å². The Bertz CT molecular complexity index is 630. The molecule has 21 heavy (non-hydrogen) atoms.